The SMILES string of the molecule is Cc1cccc(CC(=O)NCC2(c3ccc4c(c3)OCO4)CCOCC2)c1. The molecule has 2 aliphatic heterocycles. The van der Waals surface area contributed by atoms with Crippen LogP contribution in [0.1, 0.15) is 29.5 Å². The number of rotatable bonds is 5. The zero-order valence-corrected chi connectivity index (χ0v) is 15.6. The first kappa shape index (κ1) is 17.9. The van der Waals surface area contributed by atoms with Crippen LogP contribution in [0.3, 0.4) is 0 Å². The lowest BCUT2D eigenvalue weighted by atomic mass is 9.74. The van der Waals surface area contributed by atoms with Crippen LogP contribution in [0.15, 0.2) is 42.5 Å². The van der Waals surface area contributed by atoms with Crippen molar-refractivity contribution in [3.8, 4) is 11.5 Å². The lowest BCUT2D eigenvalue weighted by Gasteiger charge is -2.38. The molecule has 1 amide bonds. The second-order valence-corrected chi connectivity index (χ2v) is 7.40. The van der Waals surface area contributed by atoms with E-state index in [9.17, 15) is 4.79 Å². The molecule has 2 heterocycles. The number of hydrogen-bond donors (Lipinski definition) is 1. The molecule has 142 valence electrons. The van der Waals surface area contributed by atoms with E-state index in [2.05, 4.69) is 23.5 Å². The van der Waals surface area contributed by atoms with Gasteiger partial charge in [0, 0.05) is 25.2 Å². The summed E-state index contributed by atoms with van der Waals surface area (Å²) in [6.45, 7) is 4.30. The lowest BCUT2D eigenvalue weighted by molar-refractivity contribution is -0.120. The fourth-order valence-electron chi connectivity index (χ4n) is 3.89. The van der Waals surface area contributed by atoms with Crippen molar-refractivity contribution in [2.75, 3.05) is 26.6 Å². The van der Waals surface area contributed by atoms with E-state index < -0.39 is 0 Å². The molecule has 0 unspecified atom stereocenters. The van der Waals surface area contributed by atoms with Crippen molar-refractivity contribution in [2.45, 2.75) is 31.6 Å². The number of ether oxygens (including phenoxy) is 3. The molecule has 5 heteroatoms. The molecule has 2 aliphatic rings. The van der Waals surface area contributed by atoms with Crippen molar-refractivity contribution in [1.29, 1.82) is 0 Å². The van der Waals surface area contributed by atoms with Crippen molar-refractivity contribution >= 4 is 5.91 Å². The molecule has 1 fully saturated rings. The number of carbonyl (C=O) groups is 1. The van der Waals surface area contributed by atoms with E-state index in [1.54, 1.807) is 0 Å². The summed E-state index contributed by atoms with van der Waals surface area (Å²) in [4.78, 5) is 12.5. The van der Waals surface area contributed by atoms with Crippen LogP contribution < -0.4 is 14.8 Å². The summed E-state index contributed by atoms with van der Waals surface area (Å²) in [6.07, 6.45) is 2.14. The number of fused-ring (bicyclic) bond motifs is 1. The van der Waals surface area contributed by atoms with Crippen LogP contribution in [0.4, 0.5) is 0 Å². The summed E-state index contributed by atoms with van der Waals surface area (Å²) >= 11 is 0. The first-order valence-corrected chi connectivity index (χ1v) is 9.45. The van der Waals surface area contributed by atoms with Crippen molar-refractivity contribution < 1.29 is 19.0 Å². The van der Waals surface area contributed by atoms with Gasteiger partial charge in [-0.2, -0.15) is 0 Å². The molecule has 2 aromatic carbocycles. The molecule has 0 radical (unpaired) electrons. The highest BCUT2D eigenvalue weighted by Crippen LogP contribution is 2.40. The average molecular weight is 367 g/mol. The van der Waals surface area contributed by atoms with Crippen LogP contribution in [-0.2, 0) is 21.4 Å². The van der Waals surface area contributed by atoms with Gasteiger partial charge < -0.3 is 19.5 Å². The number of benzene rings is 2. The summed E-state index contributed by atoms with van der Waals surface area (Å²) in [7, 11) is 0. The normalized spacial score (nSPS) is 17.5. The van der Waals surface area contributed by atoms with E-state index in [4.69, 9.17) is 14.2 Å². The Labute approximate surface area is 159 Å². The van der Waals surface area contributed by atoms with E-state index in [1.807, 2.05) is 31.2 Å². The molecule has 1 saturated heterocycles. The van der Waals surface area contributed by atoms with Gasteiger partial charge in [-0.05, 0) is 43.0 Å². The number of aryl methyl sites for hydroxylation is 1. The molecule has 2 aromatic rings. The van der Waals surface area contributed by atoms with E-state index in [1.165, 1.54) is 11.1 Å². The van der Waals surface area contributed by atoms with Crippen molar-refractivity contribution in [1.82, 2.24) is 5.32 Å². The van der Waals surface area contributed by atoms with Crippen LogP contribution in [-0.4, -0.2) is 32.5 Å². The Bertz CT molecular complexity index is 827. The van der Waals surface area contributed by atoms with Gasteiger partial charge in [-0.1, -0.05) is 35.9 Å². The highest BCUT2D eigenvalue weighted by atomic mass is 16.7. The third-order valence-corrected chi connectivity index (χ3v) is 5.51. The molecule has 5 nitrogen and oxygen atoms in total. The van der Waals surface area contributed by atoms with Crippen molar-refractivity contribution in [2.24, 2.45) is 0 Å². The minimum Gasteiger partial charge on any atom is -0.454 e. The molecule has 0 saturated carbocycles. The van der Waals surface area contributed by atoms with Gasteiger partial charge in [0.1, 0.15) is 0 Å². The average Bonchev–Trinajstić information content (AvgIpc) is 3.15. The first-order chi connectivity index (χ1) is 13.1. The van der Waals surface area contributed by atoms with E-state index in [0.29, 0.717) is 26.2 Å². The quantitative estimate of drug-likeness (QED) is 0.882. The van der Waals surface area contributed by atoms with Gasteiger partial charge in [0.05, 0.1) is 6.42 Å². The Morgan fingerprint density at radius 3 is 2.70 bits per heavy atom. The maximum absolute atomic E-state index is 12.5. The van der Waals surface area contributed by atoms with Crippen LogP contribution in [0, 0.1) is 6.92 Å². The predicted octanol–water partition coefficient (Wildman–Crippen LogP) is 3.13. The molecule has 0 atom stereocenters. The second kappa shape index (κ2) is 7.61. The van der Waals surface area contributed by atoms with E-state index in [-0.39, 0.29) is 18.1 Å². The maximum Gasteiger partial charge on any atom is 0.231 e. The molecular weight excluding hydrogens is 342 g/mol. The van der Waals surface area contributed by atoms with Crippen LogP contribution in [0.5, 0.6) is 11.5 Å². The highest BCUT2D eigenvalue weighted by Gasteiger charge is 2.36. The molecule has 0 spiro atoms. The van der Waals surface area contributed by atoms with Crippen LogP contribution >= 0.6 is 0 Å². The van der Waals surface area contributed by atoms with Gasteiger partial charge in [-0.3, -0.25) is 4.79 Å². The molecule has 1 N–H and O–H groups in total. The third-order valence-electron chi connectivity index (χ3n) is 5.51. The molecule has 0 bridgehead atoms. The van der Waals surface area contributed by atoms with Crippen molar-refractivity contribution in [3.63, 3.8) is 0 Å². The van der Waals surface area contributed by atoms with Crippen molar-refractivity contribution in [3.05, 3.63) is 59.2 Å². The van der Waals surface area contributed by atoms with Gasteiger partial charge in [0.25, 0.3) is 0 Å². The van der Waals surface area contributed by atoms with Gasteiger partial charge in [-0.25, -0.2) is 0 Å². The Hall–Kier alpha value is -2.53. The molecule has 4 rings (SSSR count). The van der Waals surface area contributed by atoms with E-state index in [0.717, 1.165) is 29.9 Å². The Balaban J connectivity index is 1.48. The Kier molecular flexibility index (Phi) is 5.03. The summed E-state index contributed by atoms with van der Waals surface area (Å²) in [5.74, 6) is 1.61. The minimum atomic E-state index is -0.137. The fraction of sp³-hybridized carbons (Fsp3) is 0.409. The Morgan fingerprint density at radius 2 is 1.89 bits per heavy atom. The highest BCUT2D eigenvalue weighted by molar-refractivity contribution is 5.78. The maximum atomic E-state index is 12.5. The zero-order valence-electron chi connectivity index (χ0n) is 15.6. The lowest BCUT2D eigenvalue weighted by Crippen LogP contribution is -2.45. The molecule has 0 aromatic heterocycles. The molecule has 0 aliphatic carbocycles. The summed E-state index contributed by atoms with van der Waals surface area (Å²) in [5, 5.41) is 3.16. The smallest absolute Gasteiger partial charge is 0.231 e. The largest absolute Gasteiger partial charge is 0.454 e. The topological polar surface area (TPSA) is 56.8 Å². The summed E-state index contributed by atoms with van der Waals surface area (Å²) in [6, 6.07) is 14.2. The second-order valence-electron chi connectivity index (χ2n) is 7.40. The van der Waals surface area contributed by atoms with Gasteiger partial charge in [0.15, 0.2) is 11.5 Å². The monoisotopic (exact) mass is 367 g/mol. The van der Waals surface area contributed by atoms with Crippen LogP contribution in [0.25, 0.3) is 0 Å². The molecular formula is C22H25NO4. The zero-order chi connectivity index (χ0) is 18.7. The number of nitrogens with one attached hydrogen (secondary N) is 1. The Morgan fingerprint density at radius 1 is 1.07 bits per heavy atom. The first-order valence-electron chi connectivity index (χ1n) is 9.45. The number of hydrogen-bond acceptors (Lipinski definition) is 4. The third kappa shape index (κ3) is 3.93. The molecule has 27 heavy (non-hydrogen) atoms. The van der Waals surface area contributed by atoms with Gasteiger partial charge >= 0.3 is 0 Å². The number of carbonyl (C=O) groups excluding carboxylic acids is 1. The predicted molar refractivity (Wildman–Crippen MR) is 102 cm³/mol. The van der Waals surface area contributed by atoms with Gasteiger partial charge in [0.2, 0.25) is 12.7 Å². The minimum absolute atomic E-state index is 0.0483. The van der Waals surface area contributed by atoms with E-state index >= 15 is 0 Å². The summed E-state index contributed by atoms with van der Waals surface area (Å²) in [5.41, 5.74) is 3.24. The summed E-state index contributed by atoms with van der Waals surface area (Å²) < 4.78 is 16.6. The number of amides is 1. The fourth-order valence-corrected chi connectivity index (χ4v) is 3.89. The standard InChI is InChI=1S/C22H25NO4/c1-16-3-2-4-17(11-16)12-21(24)23-14-22(7-9-25-10-8-22)18-5-6-19-20(13-18)27-15-26-19/h2-6,11,13H,7-10,12,14-15H2,1H3,(H,23,24). The van der Waals surface area contributed by atoms with Crippen LogP contribution in [0.2, 0.25) is 0 Å². The van der Waals surface area contributed by atoms with Gasteiger partial charge in [-0.15, -0.1) is 0 Å².